The van der Waals surface area contributed by atoms with Crippen molar-refractivity contribution in [3.8, 4) is 17.7 Å². The number of hydrogen-bond acceptors (Lipinski definition) is 5. The first-order valence-corrected chi connectivity index (χ1v) is 9.21. The second-order valence-corrected chi connectivity index (χ2v) is 6.91. The molecule has 0 N–H and O–H groups in total. The van der Waals surface area contributed by atoms with Crippen LogP contribution in [0.25, 0.3) is 0 Å². The maximum Gasteiger partial charge on any atom is 0.433 e. The average molecular weight is 422 g/mol. The Labute approximate surface area is 168 Å². The maximum atomic E-state index is 13.2. The summed E-state index contributed by atoms with van der Waals surface area (Å²) in [7, 11) is 0. The molecule has 0 aliphatic carbocycles. The molecule has 28 heavy (non-hydrogen) atoms. The van der Waals surface area contributed by atoms with Crippen molar-refractivity contribution in [2.45, 2.75) is 17.1 Å². The SMILES string of the molecule is N#Cc1cccc(CSc2nc(Oc3ccc(Cl)cc3)cc(C(F)(F)F)n2)c1. The zero-order valence-corrected chi connectivity index (χ0v) is 15.6. The molecule has 0 atom stereocenters. The molecule has 0 aliphatic rings. The summed E-state index contributed by atoms with van der Waals surface area (Å²) >= 11 is 6.81. The van der Waals surface area contributed by atoms with E-state index in [0.717, 1.165) is 23.4 Å². The number of aromatic nitrogens is 2. The van der Waals surface area contributed by atoms with Crippen LogP contribution in [0.2, 0.25) is 5.02 Å². The Morgan fingerprint density at radius 3 is 2.50 bits per heavy atom. The predicted molar refractivity (Wildman–Crippen MR) is 99.3 cm³/mol. The summed E-state index contributed by atoms with van der Waals surface area (Å²) in [5.41, 5.74) is 0.139. The van der Waals surface area contributed by atoms with Crippen molar-refractivity contribution >= 4 is 23.4 Å². The molecule has 0 bridgehead atoms. The Kier molecular flexibility index (Phi) is 6.07. The topological polar surface area (TPSA) is 58.8 Å². The van der Waals surface area contributed by atoms with Crippen LogP contribution in [0.15, 0.2) is 59.8 Å². The quantitative estimate of drug-likeness (QED) is 0.367. The Balaban J connectivity index is 1.85. The van der Waals surface area contributed by atoms with E-state index in [1.165, 1.54) is 12.1 Å². The first-order chi connectivity index (χ1) is 13.3. The van der Waals surface area contributed by atoms with Crippen LogP contribution < -0.4 is 4.74 Å². The van der Waals surface area contributed by atoms with Crippen molar-refractivity contribution in [2.75, 3.05) is 0 Å². The van der Waals surface area contributed by atoms with Crippen molar-refractivity contribution in [1.29, 1.82) is 5.26 Å². The van der Waals surface area contributed by atoms with Crippen LogP contribution in [-0.4, -0.2) is 9.97 Å². The minimum atomic E-state index is -4.64. The van der Waals surface area contributed by atoms with Gasteiger partial charge in [-0.3, -0.25) is 0 Å². The van der Waals surface area contributed by atoms with E-state index >= 15 is 0 Å². The highest BCUT2D eigenvalue weighted by Gasteiger charge is 2.34. The molecule has 0 saturated heterocycles. The Morgan fingerprint density at radius 1 is 1.07 bits per heavy atom. The van der Waals surface area contributed by atoms with Gasteiger partial charge >= 0.3 is 6.18 Å². The highest BCUT2D eigenvalue weighted by Crippen LogP contribution is 2.33. The van der Waals surface area contributed by atoms with Crippen molar-refractivity contribution in [3.05, 3.63) is 76.4 Å². The van der Waals surface area contributed by atoms with Gasteiger partial charge in [0.2, 0.25) is 5.88 Å². The van der Waals surface area contributed by atoms with Gasteiger partial charge in [-0.15, -0.1) is 0 Å². The number of nitriles is 1. The van der Waals surface area contributed by atoms with Crippen LogP contribution in [0.4, 0.5) is 13.2 Å². The van der Waals surface area contributed by atoms with Crippen molar-refractivity contribution in [2.24, 2.45) is 0 Å². The number of alkyl halides is 3. The molecule has 0 saturated carbocycles. The van der Waals surface area contributed by atoms with Gasteiger partial charge in [-0.05, 0) is 42.0 Å². The van der Waals surface area contributed by atoms with E-state index in [1.54, 1.807) is 36.4 Å². The van der Waals surface area contributed by atoms with Gasteiger partial charge in [-0.2, -0.15) is 23.4 Å². The summed E-state index contributed by atoms with van der Waals surface area (Å²) < 4.78 is 45.0. The van der Waals surface area contributed by atoms with Crippen LogP contribution in [0.5, 0.6) is 11.6 Å². The van der Waals surface area contributed by atoms with E-state index < -0.39 is 11.9 Å². The standard InChI is InChI=1S/C19H11ClF3N3OS/c20-14-4-6-15(7-5-14)27-17-9-16(19(21,22)23)25-18(26-17)28-11-13-3-1-2-12(8-13)10-24/h1-9H,11H2. The zero-order chi connectivity index (χ0) is 20.1. The maximum absolute atomic E-state index is 13.2. The van der Waals surface area contributed by atoms with Gasteiger partial charge in [-0.1, -0.05) is 35.5 Å². The molecule has 3 rings (SSSR count). The highest BCUT2D eigenvalue weighted by molar-refractivity contribution is 7.98. The van der Waals surface area contributed by atoms with E-state index in [1.807, 2.05) is 6.07 Å². The lowest BCUT2D eigenvalue weighted by Gasteiger charge is -2.11. The second-order valence-electron chi connectivity index (χ2n) is 5.53. The Hall–Kier alpha value is -2.76. The molecular formula is C19H11ClF3N3OS. The summed E-state index contributed by atoms with van der Waals surface area (Å²) in [4.78, 5) is 7.63. The number of nitrogens with zero attached hydrogens (tertiary/aromatic N) is 3. The number of halogens is 4. The predicted octanol–water partition coefficient (Wildman–Crippen LogP) is 6.11. The van der Waals surface area contributed by atoms with E-state index in [4.69, 9.17) is 21.6 Å². The normalized spacial score (nSPS) is 11.1. The fourth-order valence-electron chi connectivity index (χ4n) is 2.17. The van der Waals surface area contributed by atoms with E-state index in [9.17, 15) is 13.2 Å². The summed E-state index contributed by atoms with van der Waals surface area (Å²) in [5.74, 6) is 0.379. The molecule has 0 amide bonds. The molecule has 142 valence electrons. The molecular weight excluding hydrogens is 411 g/mol. The Morgan fingerprint density at radius 2 is 1.82 bits per heavy atom. The monoisotopic (exact) mass is 421 g/mol. The highest BCUT2D eigenvalue weighted by atomic mass is 35.5. The van der Waals surface area contributed by atoms with E-state index in [0.29, 0.717) is 22.1 Å². The number of ether oxygens (including phenoxy) is 1. The van der Waals surface area contributed by atoms with Crippen LogP contribution in [-0.2, 0) is 11.9 Å². The number of benzene rings is 2. The third-order valence-electron chi connectivity index (χ3n) is 3.43. The third kappa shape index (κ3) is 5.38. The molecule has 1 heterocycles. The van der Waals surface area contributed by atoms with Gasteiger partial charge in [0.15, 0.2) is 10.9 Å². The molecule has 2 aromatic carbocycles. The van der Waals surface area contributed by atoms with Crippen LogP contribution in [0.1, 0.15) is 16.8 Å². The summed E-state index contributed by atoms with van der Waals surface area (Å²) in [6.45, 7) is 0. The summed E-state index contributed by atoms with van der Waals surface area (Å²) in [5, 5.41) is 9.33. The van der Waals surface area contributed by atoms with Crippen LogP contribution in [0, 0.1) is 11.3 Å². The van der Waals surface area contributed by atoms with Gasteiger partial charge in [0.1, 0.15) is 5.75 Å². The van der Waals surface area contributed by atoms with Gasteiger partial charge in [0.25, 0.3) is 0 Å². The number of rotatable bonds is 5. The number of thioether (sulfide) groups is 1. The molecule has 1 aromatic heterocycles. The molecule has 0 fully saturated rings. The fourth-order valence-corrected chi connectivity index (χ4v) is 3.09. The second kappa shape index (κ2) is 8.50. The van der Waals surface area contributed by atoms with E-state index in [2.05, 4.69) is 9.97 Å². The van der Waals surface area contributed by atoms with Gasteiger partial charge < -0.3 is 4.74 Å². The number of hydrogen-bond donors (Lipinski definition) is 0. The molecule has 4 nitrogen and oxygen atoms in total. The summed E-state index contributed by atoms with van der Waals surface area (Å²) in [6.07, 6.45) is -4.64. The zero-order valence-electron chi connectivity index (χ0n) is 14.1. The van der Waals surface area contributed by atoms with Crippen LogP contribution >= 0.6 is 23.4 Å². The Bertz CT molecular complexity index is 1020. The molecule has 3 aromatic rings. The van der Waals surface area contributed by atoms with Gasteiger partial charge in [0, 0.05) is 16.8 Å². The smallest absolute Gasteiger partial charge is 0.433 e. The van der Waals surface area contributed by atoms with Crippen LogP contribution in [0.3, 0.4) is 0 Å². The lowest BCUT2D eigenvalue weighted by Crippen LogP contribution is -2.10. The molecule has 0 spiro atoms. The van der Waals surface area contributed by atoms with Crippen molar-refractivity contribution in [1.82, 2.24) is 9.97 Å². The lowest BCUT2D eigenvalue weighted by molar-refractivity contribution is -0.141. The average Bonchev–Trinajstić information content (AvgIpc) is 2.67. The summed E-state index contributed by atoms with van der Waals surface area (Å²) in [6, 6.07) is 15.7. The van der Waals surface area contributed by atoms with Gasteiger partial charge in [0.05, 0.1) is 11.6 Å². The lowest BCUT2D eigenvalue weighted by atomic mass is 10.2. The largest absolute Gasteiger partial charge is 0.439 e. The van der Waals surface area contributed by atoms with Crippen molar-refractivity contribution < 1.29 is 17.9 Å². The fraction of sp³-hybridized carbons (Fsp3) is 0.105. The molecule has 0 radical (unpaired) electrons. The minimum Gasteiger partial charge on any atom is -0.439 e. The van der Waals surface area contributed by atoms with Crippen molar-refractivity contribution in [3.63, 3.8) is 0 Å². The first kappa shape index (κ1) is 20.0. The van der Waals surface area contributed by atoms with E-state index in [-0.39, 0.29) is 11.0 Å². The molecule has 9 heteroatoms. The molecule has 0 unspecified atom stereocenters. The molecule has 0 aliphatic heterocycles. The van der Waals surface area contributed by atoms with Gasteiger partial charge in [-0.25, -0.2) is 4.98 Å². The third-order valence-corrected chi connectivity index (χ3v) is 4.60. The first-order valence-electron chi connectivity index (χ1n) is 7.85. The minimum absolute atomic E-state index is 0.0823.